The van der Waals surface area contributed by atoms with Gasteiger partial charge in [-0.3, -0.25) is 14.7 Å². The Morgan fingerprint density at radius 3 is 2.79 bits per heavy atom. The maximum Gasteiger partial charge on any atom is 0.181 e. The molecular weight excluding hydrogens is 479 g/mol. The van der Waals surface area contributed by atoms with Crippen molar-refractivity contribution >= 4 is 10.9 Å². The smallest absolute Gasteiger partial charge is 0.181 e. The minimum atomic E-state index is -0.330. The number of nitrogens with one attached hydrogen (secondary N) is 2. The van der Waals surface area contributed by atoms with Gasteiger partial charge >= 0.3 is 0 Å². The van der Waals surface area contributed by atoms with Gasteiger partial charge in [0.05, 0.1) is 29.0 Å². The van der Waals surface area contributed by atoms with Crippen molar-refractivity contribution in [2.75, 3.05) is 13.1 Å². The van der Waals surface area contributed by atoms with Crippen LogP contribution < -0.4 is 0 Å². The molecule has 5 aromatic rings. The van der Waals surface area contributed by atoms with Crippen LogP contribution in [0.3, 0.4) is 0 Å². The van der Waals surface area contributed by atoms with Crippen LogP contribution in [0.1, 0.15) is 67.0 Å². The molecule has 1 atom stereocenters. The van der Waals surface area contributed by atoms with Gasteiger partial charge in [-0.05, 0) is 61.6 Å². The first kappa shape index (κ1) is 23.3. The normalized spacial score (nSPS) is 17.8. The third-order valence-electron chi connectivity index (χ3n) is 8.24. The lowest BCUT2D eigenvalue weighted by atomic mass is 9.96. The minimum Gasteiger partial charge on any atom is -0.341 e. The largest absolute Gasteiger partial charge is 0.341 e. The van der Waals surface area contributed by atoms with E-state index in [1.807, 2.05) is 19.3 Å². The Labute approximate surface area is 220 Å². The Balaban J connectivity index is 1.17. The van der Waals surface area contributed by atoms with Crippen LogP contribution >= 0.6 is 0 Å². The average Bonchev–Trinajstić information content (AvgIpc) is 3.29. The number of H-pyrrole nitrogens is 2. The van der Waals surface area contributed by atoms with E-state index in [1.165, 1.54) is 35.4 Å². The van der Waals surface area contributed by atoms with E-state index in [9.17, 15) is 0 Å². The lowest BCUT2D eigenvalue weighted by Crippen LogP contribution is -2.33. The second-order valence-electron chi connectivity index (χ2n) is 10.6. The molecule has 0 saturated heterocycles. The summed E-state index contributed by atoms with van der Waals surface area (Å²) < 4.78 is 17.2. The van der Waals surface area contributed by atoms with Crippen LogP contribution in [0.5, 0.6) is 0 Å². The number of imidazole rings is 1. The van der Waals surface area contributed by atoms with Crippen molar-refractivity contribution in [3.05, 3.63) is 70.7 Å². The van der Waals surface area contributed by atoms with Crippen molar-refractivity contribution in [3.63, 3.8) is 0 Å². The number of aromatic amines is 2. The Morgan fingerprint density at radius 1 is 1.13 bits per heavy atom. The molecule has 8 nitrogen and oxygen atoms in total. The summed E-state index contributed by atoms with van der Waals surface area (Å²) in [7, 11) is 1.90. The molecular formula is C29H31FN8. The highest BCUT2D eigenvalue weighted by molar-refractivity contribution is 5.84. The van der Waals surface area contributed by atoms with Gasteiger partial charge in [-0.15, -0.1) is 0 Å². The van der Waals surface area contributed by atoms with E-state index in [-0.39, 0.29) is 11.9 Å². The molecule has 0 radical (unpaired) electrons. The topological polar surface area (TPSA) is 91.3 Å². The first-order chi connectivity index (χ1) is 18.5. The zero-order valence-corrected chi connectivity index (χ0v) is 21.9. The van der Waals surface area contributed by atoms with Crippen LogP contribution in [0.4, 0.5) is 4.39 Å². The van der Waals surface area contributed by atoms with Gasteiger partial charge in [0.1, 0.15) is 17.5 Å². The Bertz CT molecular complexity index is 1660. The molecule has 0 bridgehead atoms. The highest BCUT2D eigenvalue weighted by Gasteiger charge is 2.29. The fourth-order valence-electron chi connectivity index (χ4n) is 5.94. The predicted molar refractivity (Wildman–Crippen MR) is 144 cm³/mol. The maximum atomic E-state index is 15.4. The van der Waals surface area contributed by atoms with Gasteiger partial charge in [0.2, 0.25) is 0 Å². The lowest BCUT2D eigenvalue weighted by molar-refractivity contribution is 0.205. The quantitative estimate of drug-likeness (QED) is 0.324. The van der Waals surface area contributed by atoms with E-state index in [0.29, 0.717) is 35.1 Å². The van der Waals surface area contributed by atoms with E-state index in [1.54, 1.807) is 10.7 Å². The molecule has 38 heavy (non-hydrogen) atoms. The molecule has 1 aliphatic carbocycles. The molecule has 2 N–H and O–H groups in total. The summed E-state index contributed by atoms with van der Waals surface area (Å²) >= 11 is 0. The predicted octanol–water partition coefficient (Wildman–Crippen LogP) is 5.29. The standard InChI is InChI=1S/C29H31FN8/c1-4-38-12-11-24-27(16(38)2)34-29(32-24)20-9-7-19(13-22(20)30)28-33-25(37(3)36-28)14-18-8-10-23-21(15-31-35-23)26(18)17-5-6-17/h7-10,13,15-17H,4-6,11-12,14H2,1-3H3,(H,31,35)(H,32,34). The maximum absolute atomic E-state index is 15.4. The Morgan fingerprint density at radius 2 is 2.00 bits per heavy atom. The van der Waals surface area contributed by atoms with Crippen LogP contribution in [-0.2, 0) is 19.9 Å². The van der Waals surface area contributed by atoms with Gasteiger partial charge in [-0.1, -0.05) is 19.1 Å². The number of fused-ring (bicyclic) bond motifs is 2. The molecule has 7 rings (SSSR count). The van der Waals surface area contributed by atoms with E-state index < -0.39 is 0 Å². The van der Waals surface area contributed by atoms with E-state index >= 15 is 4.39 Å². The van der Waals surface area contributed by atoms with Gasteiger partial charge in [0, 0.05) is 43.1 Å². The SMILES string of the molecule is CCN1CCc2[nH]c(-c3ccc(-c4nc(Cc5ccc6[nH]ncc6c5C5CC5)n(C)n4)cc3F)nc2C1C. The average molecular weight is 511 g/mol. The Kier molecular flexibility index (Phi) is 5.43. The summed E-state index contributed by atoms with van der Waals surface area (Å²) in [6, 6.07) is 9.66. The monoisotopic (exact) mass is 510 g/mol. The summed E-state index contributed by atoms with van der Waals surface area (Å²) in [4.78, 5) is 15.4. The van der Waals surface area contributed by atoms with Gasteiger partial charge in [-0.2, -0.15) is 10.2 Å². The molecule has 1 unspecified atom stereocenters. The number of likely N-dealkylation sites (N-methyl/N-ethyl adjacent to an activating group) is 1. The van der Waals surface area contributed by atoms with Crippen molar-refractivity contribution in [2.45, 2.75) is 51.5 Å². The molecule has 9 heteroatoms. The second kappa shape index (κ2) is 8.87. The molecule has 3 aromatic heterocycles. The van der Waals surface area contributed by atoms with E-state index in [4.69, 9.17) is 9.97 Å². The van der Waals surface area contributed by atoms with Crippen LogP contribution in [0.25, 0.3) is 33.7 Å². The van der Waals surface area contributed by atoms with Gasteiger partial charge < -0.3 is 4.98 Å². The number of hydrogen-bond acceptors (Lipinski definition) is 5. The summed E-state index contributed by atoms with van der Waals surface area (Å²) in [5.41, 5.74) is 6.94. The number of hydrogen-bond donors (Lipinski definition) is 2. The van der Waals surface area contributed by atoms with E-state index in [0.717, 1.165) is 42.2 Å². The summed E-state index contributed by atoms with van der Waals surface area (Å²) in [5, 5.41) is 13.2. The molecule has 1 fully saturated rings. The summed E-state index contributed by atoms with van der Waals surface area (Å²) in [6.45, 7) is 6.29. The third kappa shape index (κ3) is 3.84. The molecule has 4 heterocycles. The van der Waals surface area contributed by atoms with Crippen molar-refractivity contribution in [2.24, 2.45) is 7.05 Å². The molecule has 2 aliphatic rings. The number of benzene rings is 2. The summed E-state index contributed by atoms with van der Waals surface area (Å²) in [5.74, 6) is 2.21. The van der Waals surface area contributed by atoms with Crippen LogP contribution in [-0.4, -0.2) is 52.9 Å². The van der Waals surface area contributed by atoms with Crippen molar-refractivity contribution in [1.29, 1.82) is 0 Å². The molecule has 1 saturated carbocycles. The number of nitrogens with zero attached hydrogens (tertiary/aromatic N) is 6. The molecule has 2 aromatic carbocycles. The Hall–Kier alpha value is -3.85. The minimum absolute atomic E-state index is 0.224. The van der Waals surface area contributed by atoms with Crippen LogP contribution in [0.2, 0.25) is 0 Å². The summed E-state index contributed by atoms with van der Waals surface area (Å²) in [6.07, 6.45) is 5.91. The van der Waals surface area contributed by atoms with Crippen molar-refractivity contribution in [1.82, 2.24) is 39.8 Å². The van der Waals surface area contributed by atoms with E-state index in [2.05, 4.69) is 51.2 Å². The highest BCUT2D eigenvalue weighted by atomic mass is 19.1. The highest BCUT2D eigenvalue weighted by Crippen LogP contribution is 2.45. The number of aryl methyl sites for hydroxylation is 1. The van der Waals surface area contributed by atoms with Crippen LogP contribution in [0.15, 0.2) is 36.5 Å². The fourth-order valence-corrected chi connectivity index (χ4v) is 5.94. The zero-order chi connectivity index (χ0) is 26.0. The van der Waals surface area contributed by atoms with Gasteiger partial charge in [0.15, 0.2) is 5.82 Å². The molecule has 1 aliphatic heterocycles. The van der Waals surface area contributed by atoms with Crippen LogP contribution in [0, 0.1) is 5.82 Å². The van der Waals surface area contributed by atoms with Gasteiger partial charge in [-0.25, -0.2) is 14.4 Å². The second-order valence-corrected chi connectivity index (χ2v) is 10.6. The number of aromatic nitrogens is 7. The number of rotatable bonds is 6. The fraction of sp³-hybridized carbons (Fsp3) is 0.379. The molecule has 0 amide bonds. The first-order valence-corrected chi connectivity index (χ1v) is 13.5. The molecule has 194 valence electrons. The lowest BCUT2D eigenvalue weighted by Gasteiger charge is -2.31. The molecule has 0 spiro atoms. The zero-order valence-electron chi connectivity index (χ0n) is 21.9. The van der Waals surface area contributed by atoms with Crippen molar-refractivity contribution < 1.29 is 4.39 Å². The van der Waals surface area contributed by atoms with Crippen molar-refractivity contribution in [3.8, 4) is 22.8 Å². The van der Waals surface area contributed by atoms with Gasteiger partial charge in [0.25, 0.3) is 0 Å². The third-order valence-corrected chi connectivity index (χ3v) is 8.24. The first-order valence-electron chi connectivity index (χ1n) is 13.5. The number of halogens is 1.